The Kier molecular flexibility index (Phi) is 8.06. The van der Waals surface area contributed by atoms with Gasteiger partial charge in [0.25, 0.3) is 0 Å². The quantitative estimate of drug-likeness (QED) is 0.474. The van der Waals surface area contributed by atoms with Crippen LogP contribution in [0.4, 0.5) is 0 Å². The second-order valence-electron chi connectivity index (χ2n) is 6.18. The Hall–Kier alpha value is -1.24. The average Bonchev–Trinajstić information content (AvgIpc) is 2.65. The summed E-state index contributed by atoms with van der Waals surface area (Å²) in [6.07, 6.45) is 1.40. The first-order chi connectivity index (χ1) is 12.1. The molecule has 5 heteroatoms. The molecule has 0 aliphatic carbocycles. The molecule has 25 heavy (non-hydrogen) atoms. The Bertz CT molecular complexity index is 633. The predicted octanol–water partition coefficient (Wildman–Crippen LogP) is 4.46. The highest BCUT2D eigenvalue weighted by atomic mass is 28.4. The molecule has 2 aromatic rings. The van der Waals surface area contributed by atoms with Crippen molar-refractivity contribution in [3.8, 4) is 0 Å². The molecule has 0 saturated heterocycles. The molecule has 0 spiro atoms. The van der Waals surface area contributed by atoms with E-state index >= 15 is 0 Å². The van der Waals surface area contributed by atoms with Crippen molar-refractivity contribution in [2.24, 2.45) is 0 Å². The van der Waals surface area contributed by atoms with Crippen molar-refractivity contribution in [1.29, 1.82) is 0 Å². The fraction of sp³-hybridized carbons (Fsp3) is 0.500. The molecule has 1 atom stereocenters. The van der Waals surface area contributed by atoms with Crippen LogP contribution >= 0.6 is 0 Å². The van der Waals surface area contributed by atoms with Gasteiger partial charge in [-0.2, -0.15) is 0 Å². The van der Waals surface area contributed by atoms with E-state index in [1.165, 1.54) is 10.8 Å². The molecular formula is C20H30O4Si. The van der Waals surface area contributed by atoms with E-state index in [4.69, 9.17) is 13.3 Å². The number of fused-ring (bicyclic) bond motifs is 1. The smallest absolute Gasteiger partial charge is 0.373 e. The van der Waals surface area contributed by atoms with E-state index in [2.05, 4.69) is 38.1 Å². The molecule has 2 aromatic carbocycles. The van der Waals surface area contributed by atoms with Gasteiger partial charge < -0.3 is 18.4 Å². The van der Waals surface area contributed by atoms with Gasteiger partial charge in [-0.25, -0.2) is 0 Å². The molecular weight excluding hydrogens is 332 g/mol. The average molecular weight is 363 g/mol. The molecule has 0 fully saturated rings. The van der Waals surface area contributed by atoms with E-state index in [0.29, 0.717) is 25.7 Å². The van der Waals surface area contributed by atoms with Gasteiger partial charge in [0, 0.05) is 19.3 Å². The lowest BCUT2D eigenvalue weighted by Crippen LogP contribution is -2.51. The van der Waals surface area contributed by atoms with Gasteiger partial charge in [0.15, 0.2) is 0 Å². The van der Waals surface area contributed by atoms with Gasteiger partial charge in [-0.1, -0.05) is 63.2 Å². The Labute approximate surface area is 152 Å². The first-order valence-electron chi connectivity index (χ1n) is 9.24. The predicted molar refractivity (Wildman–Crippen MR) is 103 cm³/mol. The molecule has 1 N–H and O–H groups in total. The Morgan fingerprint density at radius 1 is 0.920 bits per heavy atom. The SMILES string of the molecule is CCCO[Si](Cc1cccc2ccccc12)(OCCC)OC(O)CC. The second kappa shape index (κ2) is 10.0. The fourth-order valence-corrected chi connectivity index (χ4v) is 5.63. The highest BCUT2D eigenvalue weighted by Crippen LogP contribution is 2.25. The van der Waals surface area contributed by atoms with Gasteiger partial charge in [-0.15, -0.1) is 0 Å². The van der Waals surface area contributed by atoms with Crippen LogP contribution in [0.15, 0.2) is 42.5 Å². The van der Waals surface area contributed by atoms with Crippen molar-refractivity contribution in [2.75, 3.05) is 13.2 Å². The Morgan fingerprint density at radius 3 is 2.20 bits per heavy atom. The highest BCUT2D eigenvalue weighted by Gasteiger charge is 2.43. The molecule has 0 aliphatic rings. The van der Waals surface area contributed by atoms with Crippen LogP contribution in [0.2, 0.25) is 0 Å². The van der Waals surface area contributed by atoms with Crippen LogP contribution in [0.3, 0.4) is 0 Å². The largest absolute Gasteiger partial charge is 0.507 e. The minimum absolute atomic E-state index is 0.509. The molecule has 0 bridgehead atoms. The monoisotopic (exact) mass is 362 g/mol. The van der Waals surface area contributed by atoms with Gasteiger partial charge in [0.05, 0.1) is 0 Å². The first-order valence-corrected chi connectivity index (χ1v) is 11.2. The summed E-state index contributed by atoms with van der Waals surface area (Å²) in [5, 5.41) is 12.5. The summed E-state index contributed by atoms with van der Waals surface area (Å²) in [5.41, 5.74) is 1.14. The van der Waals surface area contributed by atoms with Gasteiger partial charge in [-0.3, -0.25) is 0 Å². The van der Waals surface area contributed by atoms with Crippen LogP contribution in [-0.2, 0) is 19.3 Å². The van der Waals surface area contributed by atoms with Crippen molar-refractivity contribution >= 4 is 19.6 Å². The zero-order valence-electron chi connectivity index (χ0n) is 15.5. The number of aliphatic hydroxyl groups excluding tert-OH is 1. The minimum Gasteiger partial charge on any atom is -0.373 e. The zero-order chi connectivity index (χ0) is 18.1. The summed E-state index contributed by atoms with van der Waals surface area (Å²) < 4.78 is 18.3. The molecule has 0 saturated carbocycles. The summed E-state index contributed by atoms with van der Waals surface area (Å²) in [6, 6.07) is 15.1. The second-order valence-corrected chi connectivity index (χ2v) is 8.71. The number of hydrogen-bond acceptors (Lipinski definition) is 4. The molecule has 0 heterocycles. The third kappa shape index (κ3) is 5.62. The van der Waals surface area contributed by atoms with Gasteiger partial charge in [-0.05, 0) is 35.6 Å². The number of hydrogen-bond donors (Lipinski definition) is 1. The van der Waals surface area contributed by atoms with Crippen LogP contribution in [0, 0.1) is 0 Å². The molecule has 4 nitrogen and oxygen atoms in total. The van der Waals surface area contributed by atoms with Gasteiger partial charge in [0.1, 0.15) is 6.29 Å². The number of rotatable bonds is 11. The number of benzene rings is 2. The van der Waals surface area contributed by atoms with E-state index in [-0.39, 0.29) is 0 Å². The summed E-state index contributed by atoms with van der Waals surface area (Å²) in [5.74, 6) is 0. The first kappa shape index (κ1) is 20.1. The lowest BCUT2D eigenvalue weighted by Gasteiger charge is -2.32. The maximum absolute atomic E-state index is 10.1. The summed E-state index contributed by atoms with van der Waals surface area (Å²) in [6.45, 7) is 7.15. The van der Waals surface area contributed by atoms with Crippen molar-refractivity contribution in [3.05, 3.63) is 48.0 Å². The number of aliphatic hydroxyl groups is 1. The minimum atomic E-state index is -3.03. The topological polar surface area (TPSA) is 47.9 Å². The summed E-state index contributed by atoms with van der Waals surface area (Å²) >= 11 is 0. The maximum atomic E-state index is 10.1. The molecule has 2 rings (SSSR count). The summed E-state index contributed by atoms with van der Waals surface area (Å²) in [7, 11) is -3.03. The normalized spacial score (nSPS) is 13.3. The van der Waals surface area contributed by atoms with Crippen LogP contribution in [-0.4, -0.2) is 33.4 Å². The van der Waals surface area contributed by atoms with Crippen molar-refractivity contribution in [3.63, 3.8) is 0 Å². The van der Waals surface area contributed by atoms with E-state index in [9.17, 15) is 5.11 Å². The van der Waals surface area contributed by atoms with Gasteiger partial charge >= 0.3 is 8.80 Å². The summed E-state index contributed by atoms with van der Waals surface area (Å²) in [4.78, 5) is 0. The zero-order valence-corrected chi connectivity index (χ0v) is 16.5. The van der Waals surface area contributed by atoms with E-state index in [1.54, 1.807) is 0 Å². The third-order valence-corrected chi connectivity index (χ3v) is 6.74. The van der Waals surface area contributed by atoms with Crippen molar-refractivity contribution in [1.82, 2.24) is 0 Å². The maximum Gasteiger partial charge on any atom is 0.507 e. The van der Waals surface area contributed by atoms with Crippen LogP contribution in [0.25, 0.3) is 10.8 Å². The molecule has 138 valence electrons. The lowest BCUT2D eigenvalue weighted by atomic mass is 10.1. The standard InChI is InChI=1S/C20H30O4Si/c1-4-14-22-25(23-15-5-2,24-20(21)6-3)16-18-12-9-11-17-10-7-8-13-19(17)18/h7-13,20-21H,4-6,14-16H2,1-3H3. The highest BCUT2D eigenvalue weighted by molar-refractivity contribution is 6.60. The molecule has 1 unspecified atom stereocenters. The van der Waals surface area contributed by atoms with Crippen LogP contribution < -0.4 is 0 Å². The van der Waals surface area contributed by atoms with E-state index in [1.807, 2.05) is 25.1 Å². The Morgan fingerprint density at radius 2 is 1.56 bits per heavy atom. The molecule has 0 aromatic heterocycles. The van der Waals surface area contributed by atoms with Crippen molar-refractivity contribution < 1.29 is 18.4 Å². The Balaban J connectivity index is 2.37. The lowest BCUT2D eigenvalue weighted by molar-refractivity contribution is -0.0799. The van der Waals surface area contributed by atoms with Crippen LogP contribution in [0.5, 0.6) is 0 Å². The molecule has 0 radical (unpaired) electrons. The van der Waals surface area contributed by atoms with E-state index in [0.717, 1.165) is 18.4 Å². The van der Waals surface area contributed by atoms with Crippen molar-refractivity contribution in [2.45, 2.75) is 52.4 Å². The molecule has 0 aliphatic heterocycles. The van der Waals surface area contributed by atoms with Gasteiger partial charge in [0.2, 0.25) is 0 Å². The third-order valence-electron chi connectivity index (χ3n) is 4.00. The van der Waals surface area contributed by atoms with Crippen LogP contribution in [0.1, 0.15) is 45.6 Å². The fourth-order valence-electron chi connectivity index (χ4n) is 2.74. The van der Waals surface area contributed by atoms with E-state index < -0.39 is 15.1 Å². The molecule has 0 amide bonds.